The number of fused-ring (bicyclic) bond motifs is 2. The van der Waals surface area contributed by atoms with Crippen LogP contribution in [-0.4, -0.2) is 44.2 Å². The predicted molar refractivity (Wildman–Crippen MR) is 131 cm³/mol. The average molecular weight is 578 g/mol. The molecule has 0 bridgehead atoms. The van der Waals surface area contributed by atoms with Crippen molar-refractivity contribution in [1.29, 1.82) is 0 Å². The Kier molecular flexibility index (Phi) is 6.54. The number of halogens is 5. The number of ether oxygens (including phenoxy) is 2. The summed E-state index contributed by atoms with van der Waals surface area (Å²) in [4.78, 5) is 18.0. The number of hydrogen-bond donors (Lipinski definition) is 0. The molecule has 3 aromatic heterocycles. The lowest BCUT2D eigenvalue weighted by Crippen LogP contribution is -2.23. The van der Waals surface area contributed by atoms with E-state index in [9.17, 15) is 22.4 Å². The molecule has 0 aliphatic rings. The quantitative estimate of drug-likeness (QED) is 0.243. The van der Waals surface area contributed by atoms with Gasteiger partial charge in [-0.05, 0) is 57.9 Å². The van der Waals surface area contributed by atoms with Crippen LogP contribution < -0.4 is 15.0 Å². The first kappa shape index (κ1) is 24.7. The molecule has 0 radical (unpaired) electrons. The van der Waals surface area contributed by atoms with Crippen molar-refractivity contribution in [2.75, 3.05) is 6.61 Å². The zero-order chi connectivity index (χ0) is 26.3. The topological polar surface area (TPSA) is 84.1 Å². The van der Waals surface area contributed by atoms with Gasteiger partial charge in [-0.2, -0.15) is 23.7 Å². The van der Waals surface area contributed by atoms with E-state index in [4.69, 9.17) is 4.74 Å². The number of pyridine rings is 1. The third kappa shape index (κ3) is 4.86. The standard InChI is InChI=1S/C24H16BrF4N5O3/c1-33-22(25)15-10-13(4-7-16(15)31-33)34-23(35)20(12-2-5-14(6-3-12)37-24(28)29)21-17(32-34)8-9-19(30-21)36-11-18(26)27/h2-10,18,24H,11H2,1H3. The Morgan fingerprint density at radius 3 is 2.41 bits per heavy atom. The van der Waals surface area contributed by atoms with E-state index in [1.54, 1.807) is 29.9 Å². The molecular weight excluding hydrogens is 562 g/mol. The molecule has 0 aliphatic heterocycles. The first-order valence-electron chi connectivity index (χ1n) is 10.7. The van der Waals surface area contributed by atoms with Crippen LogP contribution in [0, 0.1) is 0 Å². The van der Waals surface area contributed by atoms with Gasteiger partial charge in [0.2, 0.25) is 5.88 Å². The van der Waals surface area contributed by atoms with Gasteiger partial charge in [-0.1, -0.05) is 12.1 Å². The van der Waals surface area contributed by atoms with E-state index in [2.05, 4.69) is 35.8 Å². The van der Waals surface area contributed by atoms with Gasteiger partial charge < -0.3 is 9.47 Å². The largest absolute Gasteiger partial charge is 0.472 e. The molecule has 0 aliphatic carbocycles. The molecule has 13 heteroatoms. The Bertz CT molecular complexity index is 1670. The summed E-state index contributed by atoms with van der Waals surface area (Å²) in [5, 5.41) is 9.56. The summed E-state index contributed by atoms with van der Waals surface area (Å²) in [6, 6.07) is 13.4. The molecule has 0 saturated heterocycles. The van der Waals surface area contributed by atoms with Crippen LogP contribution in [0.3, 0.4) is 0 Å². The third-order valence-electron chi connectivity index (χ3n) is 5.41. The molecule has 0 fully saturated rings. The van der Waals surface area contributed by atoms with E-state index in [1.807, 2.05) is 0 Å². The maximum absolute atomic E-state index is 13.8. The minimum absolute atomic E-state index is 0.0708. The van der Waals surface area contributed by atoms with Crippen molar-refractivity contribution in [2.24, 2.45) is 7.05 Å². The lowest BCUT2D eigenvalue weighted by atomic mass is 10.1. The van der Waals surface area contributed by atoms with E-state index in [0.717, 1.165) is 5.39 Å². The smallest absolute Gasteiger partial charge is 0.387 e. The number of aryl methyl sites for hydroxylation is 1. The van der Waals surface area contributed by atoms with Gasteiger partial charge in [-0.3, -0.25) is 9.48 Å². The van der Waals surface area contributed by atoms with Crippen molar-refractivity contribution in [3.8, 4) is 28.4 Å². The summed E-state index contributed by atoms with van der Waals surface area (Å²) in [7, 11) is 1.77. The van der Waals surface area contributed by atoms with Crippen LogP contribution in [0.5, 0.6) is 11.6 Å². The van der Waals surface area contributed by atoms with Crippen molar-refractivity contribution in [3.05, 3.63) is 69.6 Å². The monoisotopic (exact) mass is 577 g/mol. The van der Waals surface area contributed by atoms with Crippen LogP contribution in [0.1, 0.15) is 0 Å². The SMILES string of the molecule is Cn1nc2ccc(-n3nc4ccc(OCC(F)F)nc4c(-c4ccc(OC(F)F)cc4)c3=O)cc2c1Br. The lowest BCUT2D eigenvalue weighted by Gasteiger charge is -2.13. The van der Waals surface area contributed by atoms with Gasteiger partial charge in [-0.25, -0.2) is 13.8 Å². The van der Waals surface area contributed by atoms with Gasteiger partial charge in [0, 0.05) is 18.5 Å². The molecule has 3 heterocycles. The molecule has 0 unspecified atom stereocenters. The summed E-state index contributed by atoms with van der Waals surface area (Å²) in [5.41, 5.74) is 1.33. The minimum atomic E-state index is -3.01. The number of nitrogens with zero attached hydrogens (tertiary/aromatic N) is 5. The number of hydrogen-bond acceptors (Lipinski definition) is 6. The highest BCUT2D eigenvalue weighted by Crippen LogP contribution is 2.29. The van der Waals surface area contributed by atoms with Gasteiger partial charge in [0.15, 0.2) is 6.61 Å². The van der Waals surface area contributed by atoms with Gasteiger partial charge in [0.25, 0.3) is 12.0 Å². The molecule has 2 aromatic carbocycles. The highest BCUT2D eigenvalue weighted by atomic mass is 79.9. The summed E-state index contributed by atoms with van der Waals surface area (Å²) >= 11 is 3.47. The Morgan fingerprint density at radius 1 is 0.973 bits per heavy atom. The van der Waals surface area contributed by atoms with Crippen LogP contribution in [0.25, 0.3) is 38.8 Å². The number of alkyl halides is 4. The normalized spacial score (nSPS) is 11.7. The van der Waals surface area contributed by atoms with Crippen molar-refractivity contribution >= 4 is 37.9 Å². The van der Waals surface area contributed by atoms with Crippen LogP contribution in [-0.2, 0) is 7.05 Å². The van der Waals surface area contributed by atoms with Crippen molar-refractivity contribution in [2.45, 2.75) is 13.0 Å². The highest BCUT2D eigenvalue weighted by molar-refractivity contribution is 9.10. The average Bonchev–Trinajstić information content (AvgIpc) is 3.15. The molecule has 0 amide bonds. The molecule has 37 heavy (non-hydrogen) atoms. The van der Waals surface area contributed by atoms with Gasteiger partial charge >= 0.3 is 6.61 Å². The van der Waals surface area contributed by atoms with E-state index in [0.29, 0.717) is 21.4 Å². The molecule has 0 atom stereocenters. The first-order chi connectivity index (χ1) is 17.7. The Balaban J connectivity index is 1.72. The van der Waals surface area contributed by atoms with Crippen molar-refractivity contribution in [1.82, 2.24) is 24.5 Å². The van der Waals surface area contributed by atoms with Crippen LogP contribution >= 0.6 is 15.9 Å². The molecule has 5 rings (SSSR count). The Morgan fingerprint density at radius 2 is 1.70 bits per heavy atom. The Labute approximate surface area is 214 Å². The van der Waals surface area contributed by atoms with Crippen LogP contribution in [0.2, 0.25) is 0 Å². The van der Waals surface area contributed by atoms with Gasteiger partial charge in [0.05, 0.1) is 16.8 Å². The fourth-order valence-corrected chi connectivity index (χ4v) is 4.21. The van der Waals surface area contributed by atoms with Crippen molar-refractivity contribution < 1.29 is 27.0 Å². The summed E-state index contributed by atoms with van der Waals surface area (Å²) in [6.07, 6.45) is -2.72. The molecule has 8 nitrogen and oxygen atoms in total. The van der Waals surface area contributed by atoms with E-state index < -0.39 is 25.2 Å². The molecular formula is C24H16BrF4N5O3. The fraction of sp³-hybridized carbons (Fsp3) is 0.167. The fourth-order valence-electron chi connectivity index (χ4n) is 3.81. The molecule has 5 aromatic rings. The first-order valence-corrected chi connectivity index (χ1v) is 11.5. The van der Waals surface area contributed by atoms with Crippen LogP contribution in [0.15, 0.2) is 64.0 Å². The second kappa shape index (κ2) is 9.81. The summed E-state index contributed by atoms with van der Waals surface area (Å²) < 4.78 is 63.5. The Hall–Kier alpha value is -4.00. The summed E-state index contributed by atoms with van der Waals surface area (Å²) in [6.45, 7) is -3.89. The van der Waals surface area contributed by atoms with E-state index in [-0.39, 0.29) is 28.2 Å². The van der Waals surface area contributed by atoms with Crippen molar-refractivity contribution in [3.63, 3.8) is 0 Å². The van der Waals surface area contributed by atoms with E-state index in [1.165, 1.54) is 41.1 Å². The zero-order valence-electron chi connectivity index (χ0n) is 18.9. The number of rotatable bonds is 7. The highest BCUT2D eigenvalue weighted by Gasteiger charge is 2.19. The number of benzene rings is 2. The lowest BCUT2D eigenvalue weighted by molar-refractivity contribution is -0.0498. The maximum Gasteiger partial charge on any atom is 0.387 e. The molecule has 190 valence electrons. The van der Waals surface area contributed by atoms with Gasteiger partial charge in [-0.15, -0.1) is 0 Å². The third-order valence-corrected chi connectivity index (χ3v) is 6.35. The molecule has 0 N–H and O–H groups in total. The van der Waals surface area contributed by atoms with E-state index >= 15 is 0 Å². The molecule has 0 spiro atoms. The molecule has 0 saturated carbocycles. The second-order valence-electron chi connectivity index (χ2n) is 7.83. The summed E-state index contributed by atoms with van der Waals surface area (Å²) in [5.74, 6) is -0.218. The number of aromatic nitrogens is 5. The zero-order valence-corrected chi connectivity index (χ0v) is 20.5. The maximum atomic E-state index is 13.8. The second-order valence-corrected chi connectivity index (χ2v) is 8.58. The van der Waals surface area contributed by atoms with Crippen LogP contribution in [0.4, 0.5) is 17.6 Å². The van der Waals surface area contributed by atoms with Gasteiger partial charge in [0.1, 0.15) is 21.4 Å². The predicted octanol–water partition coefficient (Wildman–Crippen LogP) is 5.34. The minimum Gasteiger partial charge on any atom is -0.472 e.